The normalized spacial score (nSPS) is 10.3. The summed E-state index contributed by atoms with van der Waals surface area (Å²) in [6.45, 7) is 24.6. The van der Waals surface area contributed by atoms with E-state index in [4.69, 9.17) is 11.2 Å². The molecule has 0 saturated heterocycles. The number of benzene rings is 3. The van der Waals surface area contributed by atoms with Crippen LogP contribution in [-0.2, 0) is 4.79 Å². The van der Waals surface area contributed by atoms with Gasteiger partial charge in [-0.1, -0.05) is 144 Å². The maximum atomic E-state index is 8.00. The van der Waals surface area contributed by atoms with Crippen LogP contribution in [0.15, 0.2) is 122 Å². The van der Waals surface area contributed by atoms with Crippen molar-refractivity contribution in [2.24, 2.45) is 0 Å². The first kappa shape index (κ1) is 32.6. The maximum absolute atomic E-state index is 8.00. The minimum Gasteiger partial charge on any atom is -0.307 e. The van der Waals surface area contributed by atoms with Crippen molar-refractivity contribution in [2.45, 2.75) is 34.6 Å². The lowest BCUT2D eigenvalue weighted by Gasteiger charge is -2.15. The molecule has 0 aliphatic carbocycles. The Morgan fingerprint density at radius 1 is 0.730 bits per heavy atom. The molecule has 1 heteroatoms. The van der Waals surface area contributed by atoms with Crippen molar-refractivity contribution < 1.29 is 4.79 Å². The van der Waals surface area contributed by atoms with Crippen LogP contribution in [0.5, 0.6) is 0 Å². The summed E-state index contributed by atoms with van der Waals surface area (Å²) in [6, 6.07) is 28.5. The van der Waals surface area contributed by atoms with Crippen LogP contribution in [0.3, 0.4) is 0 Å². The van der Waals surface area contributed by atoms with Crippen molar-refractivity contribution in [2.75, 3.05) is 0 Å². The van der Waals surface area contributed by atoms with Gasteiger partial charge in [-0.25, -0.2) is 0 Å². The fourth-order valence-electron chi connectivity index (χ4n) is 3.39. The van der Waals surface area contributed by atoms with Crippen molar-refractivity contribution in [1.29, 1.82) is 0 Å². The predicted molar refractivity (Wildman–Crippen MR) is 167 cm³/mol. The van der Waals surface area contributed by atoms with Crippen LogP contribution >= 0.6 is 0 Å². The molecular formula is C36H40O. The lowest BCUT2D eigenvalue weighted by molar-refractivity contribution is -0.0979. The van der Waals surface area contributed by atoms with Gasteiger partial charge in [0.25, 0.3) is 0 Å². The van der Waals surface area contributed by atoms with Gasteiger partial charge in [0, 0.05) is 5.57 Å². The molecule has 3 aromatic carbocycles. The van der Waals surface area contributed by atoms with E-state index in [0.29, 0.717) is 0 Å². The second-order valence-corrected chi connectivity index (χ2v) is 7.26. The van der Waals surface area contributed by atoms with E-state index in [9.17, 15) is 0 Å². The van der Waals surface area contributed by atoms with E-state index in [0.717, 1.165) is 50.1 Å². The smallest absolute Gasteiger partial charge is 0.106 e. The summed E-state index contributed by atoms with van der Waals surface area (Å²) < 4.78 is 0. The van der Waals surface area contributed by atoms with Crippen LogP contribution in [0.25, 0.3) is 22.8 Å². The number of hydrogen-bond donors (Lipinski definition) is 0. The number of rotatable bonds is 7. The molecule has 0 saturated carbocycles. The molecule has 0 aliphatic rings. The Hall–Kier alpha value is -4.41. The molecule has 37 heavy (non-hydrogen) atoms. The van der Waals surface area contributed by atoms with Gasteiger partial charge in [0.1, 0.15) is 6.79 Å². The summed E-state index contributed by atoms with van der Waals surface area (Å²) >= 11 is 0. The summed E-state index contributed by atoms with van der Waals surface area (Å²) in [5.74, 6) is 2.84. The quantitative estimate of drug-likeness (QED) is 0.239. The molecule has 1 nitrogen and oxygen atoms in total. The van der Waals surface area contributed by atoms with E-state index in [2.05, 4.69) is 56.0 Å². The van der Waals surface area contributed by atoms with Gasteiger partial charge in [0.2, 0.25) is 0 Å². The Labute approximate surface area is 225 Å². The second kappa shape index (κ2) is 18.9. The van der Waals surface area contributed by atoms with Crippen molar-refractivity contribution in [3.63, 3.8) is 0 Å². The lowest BCUT2D eigenvalue weighted by Crippen LogP contribution is -1.94. The van der Waals surface area contributed by atoms with Crippen molar-refractivity contribution in [3.05, 3.63) is 144 Å². The topological polar surface area (TPSA) is 17.1 Å². The molecule has 0 aliphatic heterocycles. The average molecular weight is 489 g/mol. The molecular weight excluding hydrogens is 448 g/mol. The molecule has 3 rings (SSSR count). The fourth-order valence-corrected chi connectivity index (χ4v) is 3.39. The van der Waals surface area contributed by atoms with E-state index >= 15 is 0 Å². The van der Waals surface area contributed by atoms with Crippen LogP contribution in [0.1, 0.15) is 56.9 Å². The Kier molecular flexibility index (Phi) is 16.6. The monoisotopic (exact) mass is 488 g/mol. The van der Waals surface area contributed by atoms with Gasteiger partial charge in [-0.3, -0.25) is 0 Å². The number of carbonyl (C=O) groups excluding carboxylic acids is 1. The number of hydrogen-bond acceptors (Lipinski definition) is 1. The molecule has 3 aromatic rings. The van der Waals surface area contributed by atoms with Crippen LogP contribution in [0.4, 0.5) is 0 Å². The summed E-state index contributed by atoms with van der Waals surface area (Å²) in [7, 11) is 0. The third-order valence-electron chi connectivity index (χ3n) is 5.29. The average Bonchev–Trinajstić information content (AvgIpc) is 3.00. The van der Waals surface area contributed by atoms with Crippen LogP contribution < -0.4 is 0 Å². The van der Waals surface area contributed by atoms with Gasteiger partial charge in [-0.15, -0.1) is 6.42 Å². The van der Waals surface area contributed by atoms with E-state index in [1.807, 2.05) is 108 Å². The van der Waals surface area contributed by atoms with Crippen molar-refractivity contribution in [1.82, 2.24) is 0 Å². The first-order valence-corrected chi connectivity index (χ1v) is 12.5. The zero-order valence-corrected chi connectivity index (χ0v) is 23.1. The van der Waals surface area contributed by atoms with Gasteiger partial charge >= 0.3 is 0 Å². The molecule has 0 radical (unpaired) electrons. The zero-order chi connectivity index (χ0) is 28.2. The van der Waals surface area contributed by atoms with Crippen molar-refractivity contribution >= 4 is 29.6 Å². The summed E-state index contributed by atoms with van der Waals surface area (Å²) in [5, 5.41) is 0. The molecule has 0 spiro atoms. The molecule has 0 heterocycles. The highest BCUT2D eigenvalue weighted by Gasteiger charge is 2.11. The third kappa shape index (κ3) is 9.63. The number of carbonyl (C=O) groups is 1. The van der Waals surface area contributed by atoms with Crippen LogP contribution in [0.2, 0.25) is 0 Å². The zero-order valence-electron chi connectivity index (χ0n) is 23.1. The maximum Gasteiger partial charge on any atom is 0.106 e. The lowest BCUT2D eigenvalue weighted by atomic mass is 9.89. The SMILES string of the molecule is C#C/C(=C(/C)C(=C)/C=C(\C(=C)c1ccc(C=C)cc1)c1ccccc1)c1ccccc1.C=O.CC.CC. The molecule has 0 fully saturated rings. The minimum atomic E-state index is 0.843. The van der Waals surface area contributed by atoms with Gasteiger partial charge in [-0.05, 0) is 57.5 Å². The van der Waals surface area contributed by atoms with Gasteiger partial charge in [0.15, 0.2) is 0 Å². The highest BCUT2D eigenvalue weighted by molar-refractivity contribution is 6.05. The third-order valence-corrected chi connectivity index (χ3v) is 5.29. The predicted octanol–water partition coefficient (Wildman–Crippen LogP) is 9.96. The first-order chi connectivity index (χ1) is 18.0. The van der Waals surface area contributed by atoms with Crippen LogP contribution in [0, 0.1) is 12.3 Å². The Balaban J connectivity index is 0.00000201. The molecule has 0 atom stereocenters. The largest absolute Gasteiger partial charge is 0.307 e. The van der Waals surface area contributed by atoms with Gasteiger partial charge in [-0.2, -0.15) is 0 Å². The molecule has 0 unspecified atom stereocenters. The highest BCUT2D eigenvalue weighted by atomic mass is 16.1. The summed E-state index contributed by atoms with van der Waals surface area (Å²) in [4.78, 5) is 8.00. The Morgan fingerprint density at radius 3 is 1.62 bits per heavy atom. The second-order valence-electron chi connectivity index (χ2n) is 7.26. The van der Waals surface area contributed by atoms with Crippen LogP contribution in [-0.4, -0.2) is 6.79 Å². The number of allylic oxidation sites excluding steroid dienone is 6. The molecule has 0 amide bonds. The minimum absolute atomic E-state index is 0.843. The van der Waals surface area contributed by atoms with E-state index < -0.39 is 0 Å². The van der Waals surface area contributed by atoms with Gasteiger partial charge < -0.3 is 4.79 Å². The standard InChI is InChI=1S/C31H26.2C2H6.CH2O/c1-6-26-18-20-27(21-19-26)25(5)31(29-16-12-9-13-17-29)22-23(3)24(4)30(7-2)28-14-10-8-11-15-28;3*1-2/h2,6,8-22H,1,3,5H2,4H3;2*1-2H3;1H2/b30-24+,31-22+;;;. The van der Waals surface area contributed by atoms with E-state index in [1.54, 1.807) is 0 Å². The fraction of sp³-hybridized carbons (Fsp3) is 0.139. The van der Waals surface area contributed by atoms with E-state index in [1.165, 1.54) is 0 Å². The highest BCUT2D eigenvalue weighted by Crippen LogP contribution is 2.33. The summed E-state index contributed by atoms with van der Waals surface area (Å²) in [5.41, 5.74) is 8.83. The summed E-state index contributed by atoms with van der Waals surface area (Å²) in [6.07, 6.45) is 9.78. The molecule has 0 N–H and O–H groups in total. The Morgan fingerprint density at radius 2 is 1.19 bits per heavy atom. The first-order valence-electron chi connectivity index (χ1n) is 12.5. The molecule has 0 aromatic heterocycles. The molecule has 0 bridgehead atoms. The number of terminal acetylenes is 1. The van der Waals surface area contributed by atoms with Gasteiger partial charge in [0.05, 0.1) is 0 Å². The molecule has 190 valence electrons. The van der Waals surface area contributed by atoms with Crippen molar-refractivity contribution in [3.8, 4) is 12.3 Å². The van der Waals surface area contributed by atoms with E-state index in [-0.39, 0.29) is 0 Å². The Bertz CT molecular complexity index is 1220.